The van der Waals surface area contributed by atoms with E-state index in [1.807, 2.05) is 48.5 Å². The molecule has 1 aliphatic rings. The molecule has 0 bridgehead atoms. The van der Waals surface area contributed by atoms with E-state index in [0.717, 1.165) is 42.2 Å². The number of rotatable bonds is 6. The lowest BCUT2D eigenvalue weighted by Crippen LogP contribution is -2.45. The van der Waals surface area contributed by atoms with Gasteiger partial charge in [0.2, 0.25) is 0 Å². The smallest absolute Gasteiger partial charge is 0.268 e. The number of benzene rings is 3. The largest absolute Gasteiger partial charge is 0.379 e. The molecule has 1 aliphatic carbocycles. The molecule has 6 nitrogen and oxygen atoms in total. The van der Waals surface area contributed by atoms with Crippen molar-refractivity contribution in [2.24, 2.45) is 0 Å². The van der Waals surface area contributed by atoms with Crippen molar-refractivity contribution in [3.63, 3.8) is 0 Å². The molecule has 4 aromatic rings. The van der Waals surface area contributed by atoms with Crippen LogP contribution in [0.15, 0.2) is 90.0 Å². The van der Waals surface area contributed by atoms with Crippen LogP contribution in [0.1, 0.15) is 36.0 Å². The zero-order chi connectivity index (χ0) is 24.4. The van der Waals surface area contributed by atoms with Gasteiger partial charge in [-0.1, -0.05) is 61.4 Å². The summed E-state index contributed by atoms with van der Waals surface area (Å²) in [6.45, 7) is 0. The number of hydrogen-bond acceptors (Lipinski definition) is 4. The number of aromatic nitrogens is 1. The number of nitrogens with zero attached hydrogens (tertiary/aromatic N) is 1. The highest BCUT2D eigenvalue weighted by Gasteiger charge is 2.27. The molecule has 0 saturated heterocycles. The molecule has 1 N–H and O–H groups in total. The van der Waals surface area contributed by atoms with E-state index in [2.05, 4.69) is 5.32 Å². The first-order chi connectivity index (χ1) is 17.0. The molecule has 5 rings (SSSR count). The minimum Gasteiger partial charge on any atom is -0.379 e. The number of amides is 1. The average Bonchev–Trinajstić information content (AvgIpc) is 3.30. The second-order valence-corrected chi connectivity index (χ2v) is 10.7. The van der Waals surface area contributed by atoms with Crippen LogP contribution in [0, 0.1) is 0 Å². The monoisotopic (exact) mass is 488 g/mol. The summed E-state index contributed by atoms with van der Waals surface area (Å²) in [5.74, 6) is -0.222. The summed E-state index contributed by atoms with van der Waals surface area (Å²) < 4.78 is 34.1. The Morgan fingerprint density at radius 1 is 0.914 bits per heavy atom. The number of carbonyl (C=O) groups is 1. The Kier molecular flexibility index (Phi) is 6.45. The van der Waals surface area contributed by atoms with Crippen LogP contribution < -0.4 is 5.32 Å². The second kappa shape index (κ2) is 9.68. The van der Waals surface area contributed by atoms with Crippen LogP contribution in [-0.2, 0) is 14.8 Å². The maximum atomic E-state index is 13.6. The second-order valence-electron chi connectivity index (χ2n) is 8.89. The van der Waals surface area contributed by atoms with E-state index in [4.69, 9.17) is 4.74 Å². The number of para-hydroxylation sites is 1. The van der Waals surface area contributed by atoms with E-state index < -0.39 is 10.0 Å². The van der Waals surface area contributed by atoms with Gasteiger partial charge in [0, 0.05) is 29.8 Å². The Morgan fingerprint density at radius 3 is 2.34 bits per heavy atom. The summed E-state index contributed by atoms with van der Waals surface area (Å²) in [6, 6.07) is 23.3. The molecule has 2 atom stereocenters. The molecule has 35 heavy (non-hydrogen) atoms. The van der Waals surface area contributed by atoms with Crippen molar-refractivity contribution in [2.45, 2.75) is 42.7 Å². The quantitative estimate of drug-likeness (QED) is 0.403. The summed E-state index contributed by atoms with van der Waals surface area (Å²) in [5, 5.41) is 3.91. The van der Waals surface area contributed by atoms with E-state index >= 15 is 0 Å². The molecule has 0 aliphatic heterocycles. The van der Waals surface area contributed by atoms with Gasteiger partial charge in [0.15, 0.2) is 0 Å². The number of methoxy groups -OCH3 is 1. The van der Waals surface area contributed by atoms with Gasteiger partial charge in [0.25, 0.3) is 15.9 Å². The fraction of sp³-hybridized carbons (Fsp3) is 0.250. The molecular formula is C28H28N2O4S. The van der Waals surface area contributed by atoms with Crippen LogP contribution in [0.3, 0.4) is 0 Å². The van der Waals surface area contributed by atoms with Crippen molar-refractivity contribution in [1.82, 2.24) is 9.29 Å². The lowest BCUT2D eigenvalue weighted by molar-refractivity contribution is 0.0392. The van der Waals surface area contributed by atoms with Crippen LogP contribution in [0.5, 0.6) is 0 Å². The molecule has 1 amide bonds. The first kappa shape index (κ1) is 23.3. The van der Waals surface area contributed by atoms with Crippen molar-refractivity contribution in [3.8, 4) is 11.1 Å². The fourth-order valence-electron chi connectivity index (χ4n) is 4.88. The minimum absolute atomic E-state index is 0.00758. The van der Waals surface area contributed by atoms with Gasteiger partial charge in [-0.15, -0.1) is 0 Å². The number of nitrogens with one attached hydrogen (secondary N) is 1. The molecule has 1 aromatic heterocycles. The first-order valence-electron chi connectivity index (χ1n) is 11.8. The zero-order valence-electron chi connectivity index (χ0n) is 19.6. The van der Waals surface area contributed by atoms with Crippen LogP contribution in [0.4, 0.5) is 0 Å². The zero-order valence-corrected chi connectivity index (χ0v) is 20.4. The van der Waals surface area contributed by atoms with E-state index in [1.165, 1.54) is 16.1 Å². The average molecular weight is 489 g/mol. The van der Waals surface area contributed by atoms with Gasteiger partial charge >= 0.3 is 0 Å². The molecule has 1 heterocycles. The van der Waals surface area contributed by atoms with E-state index in [9.17, 15) is 13.2 Å². The summed E-state index contributed by atoms with van der Waals surface area (Å²) >= 11 is 0. The molecule has 1 fully saturated rings. The summed E-state index contributed by atoms with van der Waals surface area (Å²) in [5.41, 5.74) is 2.82. The third kappa shape index (κ3) is 4.49. The highest BCUT2D eigenvalue weighted by atomic mass is 32.2. The molecule has 180 valence electrons. The van der Waals surface area contributed by atoms with Crippen LogP contribution >= 0.6 is 0 Å². The van der Waals surface area contributed by atoms with Crippen LogP contribution in [0.2, 0.25) is 0 Å². The maximum absolute atomic E-state index is 13.6. The third-order valence-electron chi connectivity index (χ3n) is 6.76. The van der Waals surface area contributed by atoms with E-state index in [0.29, 0.717) is 11.1 Å². The predicted octanol–water partition coefficient (Wildman–Crippen LogP) is 5.23. The van der Waals surface area contributed by atoms with Gasteiger partial charge in [0.05, 0.1) is 22.6 Å². The summed E-state index contributed by atoms with van der Waals surface area (Å²) in [6.07, 6.45) is 5.63. The van der Waals surface area contributed by atoms with Gasteiger partial charge in [-0.25, -0.2) is 12.4 Å². The predicted molar refractivity (Wildman–Crippen MR) is 137 cm³/mol. The van der Waals surface area contributed by atoms with Gasteiger partial charge in [-0.05, 0) is 48.7 Å². The Bertz CT molecular complexity index is 1440. The van der Waals surface area contributed by atoms with E-state index in [-0.39, 0.29) is 22.9 Å². The number of carbonyl (C=O) groups excluding carboxylic acids is 1. The lowest BCUT2D eigenvalue weighted by Gasteiger charge is -2.31. The number of ether oxygens (including phenoxy) is 1. The van der Waals surface area contributed by atoms with Crippen molar-refractivity contribution in [2.75, 3.05) is 7.11 Å². The van der Waals surface area contributed by atoms with Crippen molar-refractivity contribution in [1.29, 1.82) is 0 Å². The van der Waals surface area contributed by atoms with Crippen molar-refractivity contribution in [3.05, 3.63) is 90.6 Å². The molecule has 3 aromatic carbocycles. The number of hydrogen-bond donors (Lipinski definition) is 1. The fourth-order valence-corrected chi connectivity index (χ4v) is 6.25. The third-order valence-corrected chi connectivity index (χ3v) is 8.45. The highest BCUT2D eigenvalue weighted by Crippen LogP contribution is 2.33. The standard InChI is InChI=1S/C28H28N2O4S/c1-34-27-14-8-6-12-25(27)29-28(31)21-15-17-22(18-16-21)35(32,33)30-19-24(20-9-3-2-4-10-20)23-11-5-7-13-26(23)30/h2-5,7,9-11,13,15-19,25,27H,6,8,12,14H2,1H3,(H,29,31). The number of fused-ring (bicyclic) bond motifs is 1. The van der Waals surface area contributed by atoms with Gasteiger partial charge in [0.1, 0.15) is 0 Å². The van der Waals surface area contributed by atoms with Gasteiger partial charge in [-0.3, -0.25) is 4.79 Å². The molecule has 0 spiro atoms. The first-order valence-corrected chi connectivity index (χ1v) is 13.3. The maximum Gasteiger partial charge on any atom is 0.268 e. The van der Waals surface area contributed by atoms with Crippen molar-refractivity contribution >= 4 is 26.8 Å². The molecule has 7 heteroatoms. The topological polar surface area (TPSA) is 77.4 Å². The van der Waals surface area contributed by atoms with Crippen LogP contribution in [-0.4, -0.2) is 37.6 Å². The molecule has 0 radical (unpaired) electrons. The Balaban J connectivity index is 1.44. The Morgan fingerprint density at radius 2 is 1.60 bits per heavy atom. The van der Waals surface area contributed by atoms with Gasteiger partial charge in [-0.2, -0.15) is 0 Å². The van der Waals surface area contributed by atoms with E-state index in [1.54, 1.807) is 31.5 Å². The highest BCUT2D eigenvalue weighted by molar-refractivity contribution is 7.90. The minimum atomic E-state index is -3.87. The van der Waals surface area contributed by atoms with Gasteiger partial charge < -0.3 is 10.1 Å². The van der Waals surface area contributed by atoms with Crippen molar-refractivity contribution < 1.29 is 17.9 Å². The SMILES string of the molecule is COC1CCCCC1NC(=O)c1ccc(S(=O)(=O)n2cc(-c3ccccc3)c3ccccc32)cc1. The molecule has 2 unspecified atom stereocenters. The molecule has 1 saturated carbocycles. The summed E-state index contributed by atoms with van der Waals surface area (Å²) in [4.78, 5) is 12.9. The van der Waals surface area contributed by atoms with Crippen LogP contribution in [0.25, 0.3) is 22.0 Å². The Hall–Kier alpha value is -3.42. The Labute approximate surface area is 205 Å². The summed E-state index contributed by atoms with van der Waals surface area (Å²) in [7, 11) is -2.20. The molecular weight excluding hydrogens is 460 g/mol. The normalized spacial score (nSPS) is 18.4. The lowest BCUT2D eigenvalue weighted by atomic mass is 9.92.